The second-order valence-corrected chi connectivity index (χ2v) is 9.79. The van der Waals surface area contributed by atoms with Crippen molar-refractivity contribution in [3.63, 3.8) is 0 Å². The van der Waals surface area contributed by atoms with Crippen molar-refractivity contribution in [3.8, 4) is 11.1 Å². The summed E-state index contributed by atoms with van der Waals surface area (Å²) in [6.07, 6.45) is 3.35. The molecule has 0 N–H and O–H groups in total. The fourth-order valence-corrected chi connectivity index (χ4v) is 6.38. The van der Waals surface area contributed by atoms with E-state index in [2.05, 4.69) is 76.2 Å². The molecule has 110 valence electrons. The van der Waals surface area contributed by atoms with Crippen molar-refractivity contribution in [2.45, 2.75) is 34.1 Å². The summed E-state index contributed by atoms with van der Waals surface area (Å²) in [6.45, 7) is 8.98. The van der Waals surface area contributed by atoms with E-state index in [9.17, 15) is 0 Å². The Morgan fingerprint density at radius 2 is 1.68 bits per heavy atom. The van der Waals surface area contributed by atoms with E-state index in [1.165, 1.54) is 27.8 Å². The van der Waals surface area contributed by atoms with Gasteiger partial charge in [0.1, 0.15) is 0 Å². The van der Waals surface area contributed by atoms with E-state index in [4.69, 9.17) is 0 Å². The molecule has 0 nitrogen and oxygen atoms in total. The summed E-state index contributed by atoms with van der Waals surface area (Å²) in [7, 11) is 0. The van der Waals surface area contributed by atoms with E-state index >= 15 is 0 Å². The zero-order valence-electron chi connectivity index (χ0n) is 13.8. The molecule has 0 spiro atoms. The number of rotatable bonds is 3. The van der Waals surface area contributed by atoms with Gasteiger partial charge in [0.2, 0.25) is 0 Å². The molecule has 1 aliphatic carbocycles. The minimum absolute atomic E-state index is 0.705. The Bertz CT molecular complexity index is 778. The fourth-order valence-electron chi connectivity index (χ4n) is 3.08. The van der Waals surface area contributed by atoms with Crippen LogP contribution in [0.4, 0.5) is 0 Å². The van der Waals surface area contributed by atoms with Crippen molar-refractivity contribution in [3.05, 3.63) is 74.1 Å². The molecule has 0 saturated carbocycles. The van der Waals surface area contributed by atoms with Crippen molar-refractivity contribution >= 4 is 3.27 Å². The second-order valence-electron chi connectivity index (χ2n) is 6.01. The molecular weight excluding hydrogens is 343 g/mol. The van der Waals surface area contributed by atoms with Gasteiger partial charge in [-0.25, -0.2) is 0 Å². The molecule has 22 heavy (non-hydrogen) atoms. The van der Waals surface area contributed by atoms with E-state index in [0.29, 0.717) is 0 Å². The summed E-state index contributed by atoms with van der Waals surface area (Å²) >= 11 is -0.705. The third-order valence-electron chi connectivity index (χ3n) is 4.76. The molecule has 0 saturated heterocycles. The van der Waals surface area contributed by atoms with Gasteiger partial charge in [0.25, 0.3) is 0 Å². The molecule has 2 aromatic carbocycles. The van der Waals surface area contributed by atoms with E-state index < -0.39 is 23.2 Å². The number of hydrogen-bond acceptors (Lipinski definition) is 0. The fraction of sp³-hybridized carbons (Fsp3) is 0.238. The molecular formula is C21H22Zr. The average Bonchev–Trinajstić information content (AvgIpc) is 2.93. The van der Waals surface area contributed by atoms with Gasteiger partial charge in [0.15, 0.2) is 0 Å². The van der Waals surface area contributed by atoms with E-state index in [-0.39, 0.29) is 0 Å². The molecule has 0 amide bonds. The van der Waals surface area contributed by atoms with Crippen molar-refractivity contribution < 1.29 is 23.2 Å². The summed E-state index contributed by atoms with van der Waals surface area (Å²) < 4.78 is 3.29. The quantitative estimate of drug-likeness (QED) is 0.558. The first kappa shape index (κ1) is 15.7. The van der Waals surface area contributed by atoms with Gasteiger partial charge < -0.3 is 0 Å². The van der Waals surface area contributed by atoms with Crippen LogP contribution in [0.25, 0.3) is 11.1 Å². The van der Waals surface area contributed by atoms with Gasteiger partial charge in [-0.3, -0.25) is 0 Å². The molecule has 0 unspecified atom stereocenters. The first-order chi connectivity index (χ1) is 10.6. The number of benzene rings is 2. The SMILES string of the molecule is CC=C(C)C(C)=[C](C)[Zr][c]1cccc2c1Cc1ccccc1-2. The van der Waals surface area contributed by atoms with Crippen LogP contribution in [-0.4, -0.2) is 0 Å². The van der Waals surface area contributed by atoms with E-state index in [0.717, 1.165) is 6.42 Å². The normalized spacial score (nSPS) is 14.3. The Morgan fingerprint density at radius 3 is 2.45 bits per heavy atom. The van der Waals surface area contributed by atoms with Crippen molar-refractivity contribution in [1.82, 2.24) is 0 Å². The van der Waals surface area contributed by atoms with Gasteiger partial charge in [-0.2, -0.15) is 0 Å². The predicted octanol–water partition coefficient (Wildman–Crippen LogP) is 5.23. The van der Waals surface area contributed by atoms with Crippen LogP contribution in [0.1, 0.15) is 38.8 Å². The Balaban J connectivity index is 1.99. The standard InChI is InChI=1S/C13H9.C8H13.Zr/c1-3-7-12-10(5-1)9-11-6-2-4-8-13(11)12;1-5-7(3)8(4)6-2;/h1-5,7-8H,9H2;5H,1-4H3;. The molecule has 0 aliphatic heterocycles. The maximum absolute atomic E-state index is 2.37. The van der Waals surface area contributed by atoms with Crippen molar-refractivity contribution in [2.24, 2.45) is 0 Å². The van der Waals surface area contributed by atoms with Crippen LogP contribution in [0, 0.1) is 0 Å². The number of fused-ring (bicyclic) bond motifs is 3. The Labute approximate surface area is 145 Å². The average molecular weight is 366 g/mol. The molecule has 0 radical (unpaired) electrons. The first-order valence-electron chi connectivity index (χ1n) is 7.89. The zero-order valence-corrected chi connectivity index (χ0v) is 16.3. The Morgan fingerprint density at radius 1 is 0.955 bits per heavy atom. The third kappa shape index (κ3) is 2.84. The van der Waals surface area contributed by atoms with Gasteiger partial charge in [-0.05, 0) is 0 Å². The second kappa shape index (κ2) is 6.51. The first-order valence-corrected chi connectivity index (χ1v) is 10.4. The molecule has 0 bridgehead atoms. The molecule has 0 atom stereocenters. The maximum atomic E-state index is 2.37. The molecule has 3 rings (SSSR count). The molecule has 1 heteroatoms. The number of hydrogen-bond donors (Lipinski definition) is 0. The van der Waals surface area contributed by atoms with Crippen LogP contribution >= 0.6 is 0 Å². The summed E-state index contributed by atoms with van der Waals surface area (Å²) in [6, 6.07) is 15.8. The topological polar surface area (TPSA) is 0 Å². The minimum atomic E-state index is -0.705. The van der Waals surface area contributed by atoms with Gasteiger partial charge in [-0.15, -0.1) is 0 Å². The van der Waals surface area contributed by atoms with Crippen molar-refractivity contribution in [2.75, 3.05) is 0 Å². The molecule has 1 aliphatic rings. The van der Waals surface area contributed by atoms with Crippen molar-refractivity contribution in [1.29, 1.82) is 0 Å². The molecule has 0 fully saturated rings. The van der Waals surface area contributed by atoms with Gasteiger partial charge in [0.05, 0.1) is 0 Å². The Kier molecular flexibility index (Phi) is 4.64. The summed E-state index contributed by atoms with van der Waals surface area (Å²) in [5.41, 5.74) is 8.94. The van der Waals surface area contributed by atoms with Crippen LogP contribution in [0.15, 0.2) is 63.0 Å². The van der Waals surface area contributed by atoms with E-state index in [1.54, 1.807) is 12.1 Å². The predicted molar refractivity (Wildman–Crippen MR) is 92.1 cm³/mol. The Hall–Kier alpha value is -1.20. The van der Waals surface area contributed by atoms with Crippen LogP contribution in [0.2, 0.25) is 0 Å². The van der Waals surface area contributed by atoms with E-state index in [1.807, 2.05) is 0 Å². The van der Waals surface area contributed by atoms with Crippen LogP contribution < -0.4 is 3.27 Å². The van der Waals surface area contributed by atoms with Gasteiger partial charge in [-0.1, -0.05) is 0 Å². The van der Waals surface area contributed by atoms with Gasteiger partial charge in [0, 0.05) is 0 Å². The third-order valence-corrected chi connectivity index (χ3v) is 8.42. The van der Waals surface area contributed by atoms with Crippen LogP contribution in [0.3, 0.4) is 0 Å². The number of allylic oxidation sites excluding steroid dienone is 4. The summed E-state index contributed by atoms with van der Waals surface area (Å²) in [4.78, 5) is 0. The molecule has 2 aromatic rings. The van der Waals surface area contributed by atoms with Crippen LogP contribution in [-0.2, 0) is 29.7 Å². The zero-order chi connectivity index (χ0) is 15.7. The van der Waals surface area contributed by atoms with Crippen LogP contribution in [0.5, 0.6) is 0 Å². The summed E-state index contributed by atoms with van der Waals surface area (Å²) in [5, 5.41) is 0. The van der Waals surface area contributed by atoms with Gasteiger partial charge >= 0.3 is 146 Å². The molecule has 0 heterocycles. The monoisotopic (exact) mass is 364 g/mol. The summed E-state index contributed by atoms with van der Waals surface area (Å²) in [5.74, 6) is 0. The molecule has 0 aromatic heterocycles.